The fraction of sp³-hybridized carbons (Fsp3) is 0.296. The van der Waals surface area contributed by atoms with Crippen LogP contribution in [0, 0.1) is 5.92 Å². The first-order valence-electron chi connectivity index (χ1n) is 11.9. The molecule has 3 heterocycles. The molecule has 2 aliphatic heterocycles. The quantitative estimate of drug-likeness (QED) is 0.645. The van der Waals surface area contributed by atoms with Gasteiger partial charge in [0.1, 0.15) is 5.84 Å². The fourth-order valence-electron chi connectivity index (χ4n) is 5.50. The molecule has 2 aromatic rings. The predicted molar refractivity (Wildman–Crippen MR) is 132 cm³/mol. The first kappa shape index (κ1) is 20.9. The van der Waals surface area contributed by atoms with Gasteiger partial charge in [-0.3, -0.25) is 14.9 Å². The number of benzene rings is 1. The third kappa shape index (κ3) is 3.35. The van der Waals surface area contributed by atoms with E-state index in [1.807, 2.05) is 12.3 Å². The van der Waals surface area contributed by atoms with Gasteiger partial charge in [-0.25, -0.2) is 0 Å². The summed E-state index contributed by atoms with van der Waals surface area (Å²) >= 11 is 0. The lowest BCUT2D eigenvalue weighted by Crippen LogP contribution is -2.43. The summed E-state index contributed by atoms with van der Waals surface area (Å²) in [5.41, 5.74) is 16.7. The summed E-state index contributed by atoms with van der Waals surface area (Å²) in [6.45, 7) is 0. The van der Waals surface area contributed by atoms with Crippen LogP contribution < -0.4 is 11.5 Å². The van der Waals surface area contributed by atoms with Crippen molar-refractivity contribution in [2.75, 3.05) is 0 Å². The highest BCUT2D eigenvalue weighted by Gasteiger charge is 2.44. The Bertz CT molecular complexity index is 1260. The van der Waals surface area contributed by atoms with Crippen molar-refractivity contribution in [2.24, 2.45) is 22.4 Å². The number of fused-ring (bicyclic) bond motifs is 1. The zero-order chi connectivity index (χ0) is 23.3. The van der Waals surface area contributed by atoms with E-state index < -0.39 is 5.91 Å². The Morgan fingerprint density at radius 2 is 2.00 bits per heavy atom. The van der Waals surface area contributed by atoms with Crippen LogP contribution >= 0.6 is 0 Å². The molecule has 2 aliphatic carbocycles. The highest BCUT2D eigenvalue weighted by Crippen LogP contribution is 2.44. The van der Waals surface area contributed by atoms with Gasteiger partial charge in [-0.1, -0.05) is 48.6 Å². The van der Waals surface area contributed by atoms with Crippen molar-refractivity contribution in [2.45, 2.75) is 43.3 Å². The molecular formula is C27H28N6O. The van der Waals surface area contributed by atoms with Gasteiger partial charge in [0.05, 0.1) is 23.9 Å². The Balaban J connectivity index is 1.43. The van der Waals surface area contributed by atoms with E-state index in [1.165, 1.54) is 12.0 Å². The summed E-state index contributed by atoms with van der Waals surface area (Å²) in [4.78, 5) is 19.7. The Kier molecular flexibility index (Phi) is 4.88. The van der Waals surface area contributed by atoms with Crippen LogP contribution in [0.4, 0.5) is 0 Å². The summed E-state index contributed by atoms with van der Waals surface area (Å²) in [5.74, 6) is 0.385. The van der Waals surface area contributed by atoms with Gasteiger partial charge in [0, 0.05) is 35.0 Å². The van der Waals surface area contributed by atoms with Gasteiger partial charge in [0.15, 0.2) is 0 Å². The van der Waals surface area contributed by atoms with Crippen LogP contribution in [-0.2, 0) is 10.3 Å². The summed E-state index contributed by atoms with van der Waals surface area (Å²) < 4.78 is 0. The molecule has 34 heavy (non-hydrogen) atoms. The number of amidine groups is 1. The molecule has 1 amide bonds. The maximum atomic E-state index is 12.5. The Labute approximate surface area is 198 Å². The largest absolute Gasteiger partial charge is 0.365 e. The minimum Gasteiger partial charge on any atom is -0.365 e. The molecule has 0 spiro atoms. The minimum absolute atomic E-state index is 0.0162. The number of carbonyl (C=O) groups is 1. The number of amides is 1. The highest BCUT2D eigenvalue weighted by molar-refractivity contribution is 6.23. The van der Waals surface area contributed by atoms with Crippen molar-refractivity contribution in [3.63, 3.8) is 0 Å². The summed E-state index contributed by atoms with van der Waals surface area (Å²) in [6, 6.07) is 8.48. The second kappa shape index (κ2) is 7.95. The number of allylic oxidation sites excluding steroid dienone is 5. The number of carbonyl (C=O) groups excluding carboxylic acids is 1. The number of nitrogens with zero attached hydrogens (tertiary/aromatic N) is 3. The maximum Gasteiger partial charge on any atom is 0.252 e. The summed E-state index contributed by atoms with van der Waals surface area (Å²) in [5, 5.41) is 6.92. The molecule has 0 saturated heterocycles. The average Bonchev–Trinajstić information content (AvgIpc) is 3.51. The molecule has 3 atom stereocenters. The SMILES string of the molecule is NC(=O)C1=CC(c2cn[nH]c2)=CN2C1=NC(c1ccc(C3(N)CCC3)cc1)C2C1C=CC=CC1. The fourth-order valence-corrected chi connectivity index (χ4v) is 5.50. The number of hydrogen-bond donors (Lipinski definition) is 3. The number of H-pyrrole nitrogens is 1. The van der Waals surface area contributed by atoms with Gasteiger partial charge in [-0.15, -0.1) is 0 Å². The van der Waals surface area contributed by atoms with Crippen molar-refractivity contribution < 1.29 is 4.79 Å². The molecule has 7 heteroatoms. The van der Waals surface area contributed by atoms with Gasteiger partial charge in [-0.05, 0) is 42.9 Å². The normalized spacial score (nSPS) is 26.9. The number of primary amides is 1. The van der Waals surface area contributed by atoms with Crippen molar-refractivity contribution in [3.8, 4) is 0 Å². The molecule has 1 aromatic carbocycles. The summed E-state index contributed by atoms with van der Waals surface area (Å²) in [7, 11) is 0. The smallest absolute Gasteiger partial charge is 0.252 e. The molecule has 7 nitrogen and oxygen atoms in total. The molecule has 6 rings (SSSR count). The van der Waals surface area contributed by atoms with Gasteiger partial charge in [0.2, 0.25) is 0 Å². The topological polar surface area (TPSA) is 113 Å². The minimum atomic E-state index is -0.485. The van der Waals surface area contributed by atoms with Gasteiger partial charge in [-0.2, -0.15) is 5.10 Å². The molecule has 0 radical (unpaired) electrons. The van der Waals surface area contributed by atoms with E-state index in [-0.39, 0.29) is 23.5 Å². The van der Waals surface area contributed by atoms with Crippen LogP contribution in [0.15, 0.2) is 83.8 Å². The van der Waals surface area contributed by atoms with Gasteiger partial charge >= 0.3 is 0 Å². The van der Waals surface area contributed by atoms with E-state index in [0.717, 1.165) is 36.0 Å². The zero-order valence-electron chi connectivity index (χ0n) is 18.9. The van der Waals surface area contributed by atoms with Gasteiger partial charge < -0.3 is 16.4 Å². The molecule has 172 valence electrons. The second-order valence-corrected chi connectivity index (χ2v) is 9.63. The number of hydrogen-bond acceptors (Lipinski definition) is 5. The predicted octanol–water partition coefficient (Wildman–Crippen LogP) is 3.47. The number of nitrogens with two attached hydrogens (primary N) is 2. The highest BCUT2D eigenvalue weighted by atomic mass is 16.1. The van der Waals surface area contributed by atoms with Crippen LogP contribution in [0.2, 0.25) is 0 Å². The third-order valence-corrected chi connectivity index (χ3v) is 7.59. The van der Waals surface area contributed by atoms with E-state index in [1.54, 1.807) is 6.20 Å². The first-order valence-corrected chi connectivity index (χ1v) is 11.9. The molecule has 4 aliphatic rings. The Morgan fingerprint density at radius 3 is 2.62 bits per heavy atom. The zero-order valence-corrected chi connectivity index (χ0v) is 18.9. The second-order valence-electron chi connectivity index (χ2n) is 9.63. The van der Waals surface area contributed by atoms with Crippen molar-refractivity contribution in [1.29, 1.82) is 0 Å². The maximum absolute atomic E-state index is 12.5. The molecule has 5 N–H and O–H groups in total. The number of nitrogens with one attached hydrogen (secondary N) is 1. The van der Waals surface area contributed by atoms with Crippen LogP contribution in [0.5, 0.6) is 0 Å². The van der Waals surface area contributed by atoms with Crippen LogP contribution in [-0.4, -0.2) is 32.9 Å². The number of aliphatic imine (C=N–C) groups is 1. The standard InChI is InChI=1S/C27H28N6O/c28-25(34)22-13-19(20-14-30-31-15-20)16-33-24(18-5-2-1-3-6-18)23(32-26(22)33)17-7-9-21(10-8-17)27(29)11-4-12-27/h1-3,5,7-10,13-16,18,23-24H,4,6,11-12,29H2,(H2,28,34)(H,30,31). The van der Waals surface area contributed by atoms with E-state index in [4.69, 9.17) is 16.5 Å². The van der Waals surface area contributed by atoms with Crippen molar-refractivity contribution >= 4 is 17.3 Å². The lowest BCUT2D eigenvalue weighted by Gasteiger charge is -2.39. The monoisotopic (exact) mass is 452 g/mol. The van der Waals surface area contributed by atoms with Gasteiger partial charge in [0.25, 0.3) is 5.91 Å². The van der Waals surface area contributed by atoms with E-state index in [2.05, 4.69) is 69.9 Å². The number of aromatic nitrogens is 2. The van der Waals surface area contributed by atoms with E-state index in [9.17, 15) is 4.79 Å². The first-order chi connectivity index (χ1) is 16.5. The van der Waals surface area contributed by atoms with Crippen molar-refractivity contribution in [3.05, 3.63) is 95.5 Å². The van der Waals surface area contributed by atoms with Crippen LogP contribution in [0.25, 0.3) is 5.57 Å². The molecule has 1 saturated carbocycles. The van der Waals surface area contributed by atoms with Crippen molar-refractivity contribution in [1.82, 2.24) is 15.1 Å². The summed E-state index contributed by atoms with van der Waals surface area (Å²) in [6.07, 6.45) is 20.2. The number of rotatable bonds is 5. The molecule has 1 fully saturated rings. The molecule has 3 unspecified atom stereocenters. The Morgan fingerprint density at radius 1 is 1.18 bits per heavy atom. The lowest BCUT2D eigenvalue weighted by atomic mass is 9.72. The lowest BCUT2D eigenvalue weighted by molar-refractivity contribution is -0.114. The molecular weight excluding hydrogens is 424 g/mol. The van der Waals surface area contributed by atoms with E-state index >= 15 is 0 Å². The molecule has 0 bridgehead atoms. The molecule has 1 aromatic heterocycles. The average molecular weight is 453 g/mol. The number of aromatic amines is 1. The van der Waals surface area contributed by atoms with Crippen LogP contribution in [0.1, 0.15) is 48.4 Å². The van der Waals surface area contributed by atoms with Crippen LogP contribution in [0.3, 0.4) is 0 Å². The third-order valence-electron chi connectivity index (χ3n) is 7.59. The van der Waals surface area contributed by atoms with E-state index in [0.29, 0.717) is 11.4 Å². The Hall–Kier alpha value is -3.71.